The Hall–Kier alpha value is -0.550. The Morgan fingerprint density at radius 1 is 1.24 bits per heavy atom. The summed E-state index contributed by atoms with van der Waals surface area (Å²) in [7, 11) is 0. The van der Waals surface area contributed by atoms with Gasteiger partial charge in [-0.05, 0) is 54.8 Å². The minimum atomic E-state index is 0.283. The molecule has 2 nitrogen and oxygen atoms in total. The predicted molar refractivity (Wildman–Crippen MR) is 68.2 cm³/mol. The highest BCUT2D eigenvalue weighted by Gasteiger charge is 2.64. The van der Waals surface area contributed by atoms with Gasteiger partial charge in [-0.2, -0.15) is 5.26 Å². The molecule has 0 aromatic heterocycles. The fraction of sp³-hybridized carbons (Fsp3) is 0.933. The summed E-state index contributed by atoms with van der Waals surface area (Å²) in [6.45, 7) is 5.65. The summed E-state index contributed by atoms with van der Waals surface area (Å²) in [5.41, 5.74) is 0.283. The molecule has 4 atom stereocenters. The van der Waals surface area contributed by atoms with E-state index in [9.17, 15) is 0 Å². The van der Waals surface area contributed by atoms with Crippen molar-refractivity contribution in [2.24, 2.45) is 29.1 Å². The van der Waals surface area contributed by atoms with Gasteiger partial charge in [0.25, 0.3) is 0 Å². The molecule has 0 radical (unpaired) electrons. The van der Waals surface area contributed by atoms with Crippen molar-refractivity contribution in [2.75, 3.05) is 6.54 Å². The van der Waals surface area contributed by atoms with Gasteiger partial charge in [0.2, 0.25) is 0 Å². The SMILES string of the molecule is CC(C)(CCC#N)CNC1C2C3CCC(C3)C12. The Morgan fingerprint density at radius 2 is 1.88 bits per heavy atom. The second-order valence-electron chi connectivity index (χ2n) is 7.22. The van der Waals surface area contributed by atoms with E-state index in [2.05, 4.69) is 25.2 Å². The summed E-state index contributed by atoms with van der Waals surface area (Å²) in [6.07, 6.45) is 6.25. The number of nitrogens with one attached hydrogen (secondary N) is 1. The van der Waals surface area contributed by atoms with E-state index in [0.29, 0.717) is 6.42 Å². The van der Waals surface area contributed by atoms with Gasteiger partial charge in [0.1, 0.15) is 0 Å². The molecule has 0 saturated heterocycles. The van der Waals surface area contributed by atoms with Crippen LogP contribution in [0.1, 0.15) is 46.0 Å². The fourth-order valence-corrected chi connectivity index (χ4v) is 4.47. The quantitative estimate of drug-likeness (QED) is 0.791. The van der Waals surface area contributed by atoms with Gasteiger partial charge in [-0.1, -0.05) is 13.8 Å². The van der Waals surface area contributed by atoms with Crippen molar-refractivity contribution >= 4 is 0 Å². The summed E-state index contributed by atoms with van der Waals surface area (Å²) >= 11 is 0. The monoisotopic (exact) mass is 232 g/mol. The number of nitrogens with zero attached hydrogens (tertiary/aromatic N) is 1. The maximum absolute atomic E-state index is 8.66. The summed E-state index contributed by atoms with van der Waals surface area (Å²) < 4.78 is 0. The highest BCUT2D eigenvalue weighted by molar-refractivity contribution is 5.16. The van der Waals surface area contributed by atoms with E-state index in [1.54, 1.807) is 0 Å². The molecule has 4 unspecified atom stereocenters. The molecule has 17 heavy (non-hydrogen) atoms. The molecule has 3 aliphatic rings. The maximum atomic E-state index is 8.66. The van der Waals surface area contributed by atoms with Crippen molar-refractivity contribution in [3.05, 3.63) is 0 Å². The predicted octanol–water partition coefficient (Wildman–Crippen LogP) is 2.95. The highest BCUT2D eigenvalue weighted by atomic mass is 15.0. The third kappa shape index (κ3) is 1.99. The molecule has 3 rings (SSSR count). The van der Waals surface area contributed by atoms with Crippen molar-refractivity contribution in [3.63, 3.8) is 0 Å². The van der Waals surface area contributed by atoms with Crippen LogP contribution in [-0.2, 0) is 0 Å². The summed E-state index contributed by atoms with van der Waals surface area (Å²) in [5.74, 6) is 4.18. The van der Waals surface area contributed by atoms with Crippen LogP contribution < -0.4 is 5.32 Å². The van der Waals surface area contributed by atoms with Gasteiger partial charge in [-0.25, -0.2) is 0 Å². The summed E-state index contributed by atoms with van der Waals surface area (Å²) in [4.78, 5) is 0. The topological polar surface area (TPSA) is 35.8 Å². The van der Waals surface area contributed by atoms with E-state index in [1.807, 2.05) is 0 Å². The van der Waals surface area contributed by atoms with Gasteiger partial charge in [-0.3, -0.25) is 0 Å². The zero-order chi connectivity index (χ0) is 12.0. The third-order valence-corrected chi connectivity index (χ3v) is 5.47. The van der Waals surface area contributed by atoms with Crippen LogP contribution >= 0.6 is 0 Å². The molecule has 2 bridgehead atoms. The van der Waals surface area contributed by atoms with Crippen LogP contribution in [0.15, 0.2) is 0 Å². The largest absolute Gasteiger partial charge is 0.313 e. The Balaban J connectivity index is 1.46. The van der Waals surface area contributed by atoms with E-state index in [4.69, 9.17) is 5.26 Å². The lowest BCUT2D eigenvalue weighted by Gasteiger charge is -2.25. The van der Waals surface area contributed by atoms with Gasteiger partial charge in [-0.15, -0.1) is 0 Å². The molecule has 1 N–H and O–H groups in total. The number of fused-ring (bicyclic) bond motifs is 5. The van der Waals surface area contributed by atoms with E-state index in [0.717, 1.165) is 42.7 Å². The molecular formula is C15H24N2. The van der Waals surface area contributed by atoms with Crippen LogP contribution in [0.5, 0.6) is 0 Å². The Morgan fingerprint density at radius 3 is 2.47 bits per heavy atom. The third-order valence-electron chi connectivity index (χ3n) is 5.47. The molecule has 2 heteroatoms. The fourth-order valence-electron chi connectivity index (χ4n) is 4.47. The molecule has 0 amide bonds. The van der Waals surface area contributed by atoms with Gasteiger partial charge in [0, 0.05) is 19.0 Å². The molecule has 0 spiro atoms. The molecule has 0 aromatic rings. The summed E-state index contributed by atoms with van der Waals surface area (Å²) in [6, 6.07) is 3.10. The van der Waals surface area contributed by atoms with E-state index < -0.39 is 0 Å². The van der Waals surface area contributed by atoms with Crippen molar-refractivity contribution in [2.45, 2.75) is 52.0 Å². The van der Waals surface area contributed by atoms with Crippen LogP contribution in [0.25, 0.3) is 0 Å². The molecule has 3 aliphatic carbocycles. The minimum absolute atomic E-state index is 0.283. The average molecular weight is 232 g/mol. The lowest BCUT2D eigenvalue weighted by Crippen LogP contribution is -2.33. The smallest absolute Gasteiger partial charge is 0.0621 e. The minimum Gasteiger partial charge on any atom is -0.313 e. The first-order chi connectivity index (χ1) is 8.12. The molecule has 94 valence electrons. The van der Waals surface area contributed by atoms with Gasteiger partial charge in [0.05, 0.1) is 6.07 Å². The lowest BCUT2D eigenvalue weighted by atomic mass is 9.88. The van der Waals surface area contributed by atoms with Crippen LogP contribution in [0.2, 0.25) is 0 Å². The van der Waals surface area contributed by atoms with Gasteiger partial charge >= 0.3 is 0 Å². The van der Waals surface area contributed by atoms with Crippen LogP contribution in [0, 0.1) is 40.4 Å². The molecule has 3 saturated carbocycles. The molecule has 0 aromatic carbocycles. The average Bonchev–Trinajstić information content (AvgIpc) is 2.68. The second kappa shape index (κ2) is 3.99. The van der Waals surface area contributed by atoms with Gasteiger partial charge in [0.15, 0.2) is 0 Å². The van der Waals surface area contributed by atoms with Crippen LogP contribution in [0.4, 0.5) is 0 Å². The zero-order valence-corrected chi connectivity index (χ0v) is 11.1. The van der Waals surface area contributed by atoms with E-state index >= 15 is 0 Å². The highest BCUT2D eigenvalue weighted by Crippen LogP contribution is 2.65. The number of hydrogen-bond donors (Lipinski definition) is 1. The first-order valence-electron chi connectivity index (χ1n) is 7.23. The van der Waals surface area contributed by atoms with Crippen molar-refractivity contribution in [3.8, 4) is 6.07 Å². The second-order valence-corrected chi connectivity index (χ2v) is 7.22. The normalized spacial score (nSPS) is 42.3. The van der Waals surface area contributed by atoms with Crippen LogP contribution in [-0.4, -0.2) is 12.6 Å². The standard InChI is InChI=1S/C15H24N2/c1-15(2,6-3-7-16)9-17-14-12-10-4-5-11(8-10)13(12)14/h10-14,17H,3-6,8-9H2,1-2H3. The molecule has 3 fully saturated rings. The number of hydrogen-bond acceptors (Lipinski definition) is 2. The maximum Gasteiger partial charge on any atom is 0.0621 e. The molecule has 0 heterocycles. The van der Waals surface area contributed by atoms with Crippen LogP contribution in [0.3, 0.4) is 0 Å². The van der Waals surface area contributed by atoms with Crippen molar-refractivity contribution < 1.29 is 0 Å². The van der Waals surface area contributed by atoms with Gasteiger partial charge < -0.3 is 5.32 Å². The van der Waals surface area contributed by atoms with Crippen molar-refractivity contribution in [1.29, 1.82) is 5.26 Å². The zero-order valence-electron chi connectivity index (χ0n) is 11.1. The summed E-state index contributed by atoms with van der Waals surface area (Å²) in [5, 5.41) is 12.5. The Bertz CT molecular complexity index is 325. The number of nitriles is 1. The van der Waals surface area contributed by atoms with E-state index in [-0.39, 0.29) is 5.41 Å². The Labute approximate surface area is 105 Å². The number of rotatable bonds is 5. The Kier molecular flexibility index (Phi) is 2.70. The van der Waals surface area contributed by atoms with E-state index in [1.165, 1.54) is 19.3 Å². The molecule has 0 aliphatic heterocycles. The first-order valence-corrected chi connectivity index (χ1v) is 7.23. The lowest BCUT2D eigenvalue weighted by molar-refractivity contribution is 0.304. The molecular weight excluding hydrogens is 208 g/mol. The van der Waals surface area contributed by atoms with Crippen molar-refractivity contribution in [1.82, 2.24) is 5.32 Å². The first kappa shape index (κ1) is 11.5.